The lowest BCUT2D eigenvalue weighted by atomic mass is 9.95. The van der Waals surface area contributed by atoms with Crippen molar-refractivity contribution >= 4 is 40.3 Å². The van der Waals surface area contributed by atoms with Gasteiger partial charge in [-0.25, -0.2) is 14.6 Å². The Kier molecular flexibility index (Phi) is 7.69. The SMILES string of the molecule is CCNC(=O)NC1=NCC(c2cncc(C(=O)OC)c2)=C(c2nc(C(F)(F)F)c(CNC3CC3)s2)C1. The van der Waals surface area contributed by atoms with E-state index in [9.17, 15) is 22.8 Å². The molecule has 1 aliphatic carbocycles. The molecule has 0 radical (unpaired) electrons. The lowest BCUT2D eigenvalue weighted by Gasteiger charge is -2.20. The van der Waals surface area contributed by atoms with E-state index in [1.807, 2.05) is 0 Å². The van der Waals surface area contributed by atoms with Crippen LogP contribution in [0.25, 0.3) is 11.1 Å². The summed E-state index contributed by atoms with van der Waals surface area (Å²) < 4.78 is 46.3. The monoisotopic (exact) mass is 522 g/mol. The van der Waals surface area contributed by atoms with Gasteiger partial charge in [0.25, 0.3) is 0 Å². The van der Waals surface area contributed by atoms with E-state index in [1.165, 1.54) is 19.5 Å². The van der Waals surface area contributed by atoms with Crippen molar-refractivity contribution in [3.05, 3.63) is 45.2 Å². The molecule has 0 atom stereocenters. The highest BCUT2D eigenvalue weighted by molar-refractivity contribution is 7.13. The average molecular weight is 523 g/mol. The van der Waals surface area contributed by atoms with E-state index in [0.717, 1.165) is 24.2 Å². The third-order valence-electron chi connectivity index (χ3n) is 5.59. The Morgan fingerprint density at radius 2 is 2.00 bits per heavy atom. The summed E-state index contributed by atoms with van der Waals surface area (Å²) in [5.41, 5.74) is 0.828. The maximum atomic E-state index is 13.9. The Morgan fingerprint density at radius 3 is 2.67 bits per heavy atom. The second kappa shape index (κ2) is 10.7. The number of hydrogen-bond donors (Lipinski definition) is 3. The molecule has 0 spiro atoms. The summed E-state index contributed by atoms with van der Waals surface area (Å²) in [6.07, 6.45) is 0.167. The van der Waals surface area contributed by atoms with Crippen LogP contribution in [0.2, 0.25) is 0 Å². The molecule has 2 aromatic rings. The van der Waals surface area contributed by atoms with Crippen LogP contribution in [0.4, 0.5) is 18.0 Å². The fourth-order valence-corrected chi connectivity index (χ4v) is 4.77. The summed E-state index contributed by atoms with van der Waals surface area (Å²) in [6.45, 7) is 2.29. The van der Waals surface area contributed by atoms with Crippen LogP contribution < -0.4 is 16.0 Å². The first-order valence-electron chi connectivity index (χ1n) is 11.3. The number of carbonyl (C=O) groups is 2. The van der Waals surface area contributed by atoms with Crippen molar-refractivity contribution in [1.29, 1.82) is 0 Å². The summed E-state index contributed by atoms with van der Waals surface area (Å²) in [5, 5.41) is 8.56. The summed E-state index contributed by atoms with van der Waals surface area (Å²) in [5.74, 6) is -0.287. The molecule has 0 bridgehead atoms. The molecular formula is C23H25F3N6O3S. The zero-order chi connectivity index (χ0) is 25.9. The molecular weight excluding hydrogens is 497 g/mol. The van der Waals surface area contributed by atoms with E-state index >= 15 is 0 Å². The Balaban J connectivity index is 1.75. The molecule has 4 rings (SSSR count). The van der Waals surface area contributed by atoms with E-state index < -0.39 is 23.9 Å². The summed E-state index contributed by atoms with van der Waals surface area (Å²) in [7, 11) is 1.25. The first-order chi connectivity index (χ1) is 17.2. The Hall–Kier alpha value is -3.32. The van der Waals surface area contributed by atoms with Gasteiger partial charge in [0.15, 0.2) is 5.69 Å². The number of alkyl halides is 3. The van der Waals surface area contributed by atoms with E-state index in [0.29, 0.717) is 29.1 Å². The van der Waals surface area contributed by atoms with Crippen LogP contribution in [-0.2, 0) is 17.5 Å². The summed E-state index contributed by atoms with van der Waals surface area (Å²) >= 11 is 0.960. The van der Waals surface area contributed by atoms with E-state index in [1.54, 1.807) is 13.0 Å². The highest BCUT2D eigenvalue weighted by Crippen LogP contribution is 2.40. The fourth-order valence-electron chi connectivity index (χ4n) is 3.67. The number of thiazole rings is 1. The quantitative estimate of drug-likeness (QED) is 0.478. The Morgan fingerprint density at radius 1 is 1.22 bits per heavy atom. The number of urea groups is 1. The van der Waals surface area contributed by atoms with Gasteiger partial charge in [0.1, 0.15) is 10.8 Å². The van der Waals surface area contributed by atoms with Crippen LogP contribution in [0, 0.1) is 0 Å². The molecule has 36 heavy (non-hydrogen) atoms. The normalized spacial score (nSPS) is 16.0. The number of nitrogens with one attached hydrogen (secondary N) is 3. The van der Waals surface area contributed by atoms with Crippen LogP contribution in [-0.4, -0.2) is 54.0 Å². The zero-order valence-corrected chi connectivity index (χ0v) is 20.5. The van der Waals surface area contributed by atoms with Crippen LogP contribution in [0.5, 0.6) is 0 Å². The van der Waals surface area contributed by atoms with Gasteiger partial charge in [0.05, 0.1) is 24.1 Å². The minimum atomic E-state index is -4.62. The van der Waals surface area contributed by atoms with Crippen molar-refractivity contribution in [2.75, 3.05) is 20.2 Å². The van der Waals surface area contributed by atoms with Crippen molar-refractivity contribution in [3.63, 3.8) is 0 Å². The molecule has 192 valence electrons. The third-order valence-corrected chi connectivity index (χ3v) is 6.71. The Bertz CT molecular complexity index is 1220. The number of amides is 2. The number of rotatable bonds is 7. The summed E-state index contributed by atoms with van der Waals surface area (Å²) in [6, 6.07) is 1.32. The minimum Gasteiger partial charge on any atom is -0.465 e. The van der Waals surface area contributed by atoms with Crippen LogP contribution in [0.15, 0.2) is 23.5 Å². The first-order valence-corrected chi connectivity index (χ1v) is 12.2. The van der Waals surface area contributed by atoms with Crippen molar-refractivity contribution in [2.45, 2.75) is 44.9 Å². The van der Waals surface area contributed by atoms with Crippen molar-refractivity contribution in [2.24, 2.45) is 4.99 Å². The largest absolute Gasteiger partial charge is 0.465 e. The molecule has 0 aromatic carbocycles. The molecule has 1 fully saturated rings. The maximum absolute atomic E-state index is 13.9. The van der Waals surface area contributed by atoms with Gasteiger partial charge in [-0.3, -0.25) is 15.3 Å². The smallest absolute Gasteiger partial charge is 0.434 e. The molecule has 0 saturated heterocycles. The number of aromatic nitrogens is 2. The number of dihydropyridines is 1. The highest BCUT2D eigenvalue weighted by Gasteiger charge is 2.38. The average Bonchev–Trinajstić information content (AvgIpc) is 3.58. The Labute approximate surface area is 209 Å². The molecule has 2 amide bonds. The van der Waals surface area contributed by atoms with Gasteiger partial charge < -0.3 is 15.4 Å². The van der Waals surface area contributed by atoms with E-state index in [4.69, 9.17) is 4.74 Å². The van der Waals surface area contributed by atoms with Gasteiger partial charge in [-0.1, -0.05) is 0 Å². The van der Waals surface area contributed by atoms with Gasteiger partial charge in [-0.15, -0.1) is 11.3 Å². The number of pyridine rings is 1. The van der Waals surface area contributed by atoms with Gasteiger partial charge in [-0.05, 0) is 37.0 Å². The number of methoxy groups -OCH3 is 1. The molecule has 13 heteroatoms. The third kappa shape index (κ3) is 6.08. The van der Waals surface area contributed by atoms with Crippen LogP contribution >= 0.6 is 11.3 Å². The van der Waals surface area contributed by atoms with Crippen molar-refractivity contribution in [1.82, 2.24) is 25.9 Å². The van der Waals surface area contributed by atoms with Gasteiger partial charge in [0, 0.05) is 43.5 Å². The second-order valence-corrected chi connectivity index (χ2v) is 9.36. The molecule has 3 heterocycles. The molecule has 1 saturated carbocycles. The first kappa shape index (κ1) is 25.8. The summed E-state index contributed by atoms with van der Waals surface area (Å²) in [4.78, 5) is 36.7. The topological polar surface area (TPSA) is 118 Å². The van der Waals surface area contributed by atoms with E-state index in [2.05, 4.69) is 30.9 Å². The second-order valence-electron chi connectivity index (χ2n) is 8.28. The standard InChI is InChI=1S/C23H25F3N6O3S/c1-3-28-22(34)31-18-7-15(16(10-30-18)12-6-13(9-27-8-12)21(33)35-2)20-32-19(23(24,25)26)17(36-20)11-29-14-4-5-14/h6,8-9,14,29H,3-5,7,10-11H2,1-2H3,(H2,28,30,31,34). The van der Waals surface area contributed by atoms with Crippen molar-refractivity contribution < 1.29 is 27.5 Å². The number of halogens is 3. The predicted octanol–water partition coefficient (Wildman–Crippen LogP) is 3.63. The van der Waals surface area contributed by atoms with Gasteiger partial charge in [-0.2, -0.15) is 13.2 Å². The molecule has 2 aromatic heterocycles. The predicted molar refractivity (Wildman–Crippen MR) is 128 cm³/mol. The zero-order valence-electron chi connectivity index (χ0n) is 19.7. The number of hydrogen-bond acceptors (Lipinski definition) is 8. The lowest BCUT2D eigenvalue weighted by Crippen LogP contribution is -2.40. The van der Waals surface area contributed by atoms with Crippen LogP contribution in [0.3, 0.4) is 0 Å². The number of amidine groups is 1. The number of esters is 1. The maximum Gasteiger partial charge on any atom is 0.434 e. The number of nitrogens with zero attached hydrogens (tertiary/aromatic N) is 3. The fraction of sp³-hybridized carbons (Fsp3) is 0.435. The van der Waals surface area contributed by atoms with Gasteiger partial charge >= 0.3 is 18.2 Å². The highest BCUT2D eigenvalue weighted by atomic mass is 32.1. The molecule has 9 nitrogen and oxygen atoms in total. The number of ether oxygens (including phenoxy) is 1. The molecule has 3 N–H and O–H groups in total. The van der Waals surface area contributed by atoms with E-state index in [-0.39, 0.29) is 41.0 Å². The van der Waals surface area contributed by atoms with Crippen molar-refractivity contribution in [3.8, 4) is 0 Å². The molecule has 2 aliphatic rings. The number of aliphatic imine (C=N–C) groups is 1. The molecule has 0 unspecified atom stereocenters. The van der Waals surface area contributed by atoms with Crippen LogP contribution in [0.1, 0.15) is 57.7 Å². The number of carbonyl (C=O) groups excluding carboxylic acids is 2. The minimum absolute atomic E-state index is 0.0508. The lowest BCUT2D eigenvalue weighted by molar-refractivity contribution is -0.141. The molecule has 1 aliphatic heterocycles. The van der Waals surface area contributed by atoms with Gasteiger partial charge in [0.2, 0.25) is 0 Å².